The van der Waals surface area contributed by atoms with E-state index in [4.69, 9.17) is 4.74 Å². The molecule has 8 nitrogen and oxygen atoms in total. The van der Waals surface area contributed by atoms with Crippen molar-refractivity contribution in [3.8, 4) is 5.75 Å². The van der Waals surface area contributed by atoms with Gasteiger partial charge in [-0.2, -0.15) is 0 Å². The monoisotopic (exact) mass is 495 g/mol. The summed E-state index contributed by atoms with van der Waals surface area (Å²) in [5, 5.41) is 2.75. The number of aryl methyl sites for hydroxylation is 2. The Balaban J connectivity index is 1.79. The van der Waals surface area contributed by atoms with Gasteiger partial charge in [-0.25, -0.2) is 8.42 Å². The first-order chi connectivity index (χ1) is 16.6. The van der Waals surface area contributed by atoms with Gasteiger partial charge in [0.15, 0.2) is 0 Å². The van der Waals surface area contributed by atoms with E-state index in [9.17, 15) is 18.0 Å². The smallest absolute Gasteiger partial charge is 0.261 e. The van der Waals surface area contributed by atoms with Gasteiger partial charge in [0, 0.05) is 29.5 Å². The molecule has 0 spiro atoms. The largest absolute Gasteiger partial charge is 0.497 e. The van der Waals surface area contributed by atoms with Gasteiger partial charge in [-0.15, -0.1) is 0 Å². The Labute approximate surface area is 206 Å². The van der Waals surface area contributed by atoms with Gasteiger partial charge in [0.05, 0.1) is 12.0 Å². The molecule has 0 aromatic heterocycles. The van der Waals surface area contributed by atoms with Crippen LogP contribution in [0.15, 0.2) is 71.6 Å². The number of likely N-dealkylation sites (N-methyl/N-ethyl adjacent to an activating group) is 1. The van der Waals surface area contributed by atoms with Gasteiger partial charge >= 0.3 is 0 Å². The number of methoxy groups -OCH3 is 1. The summed E-state index contributed by atoms with van der Waals surface area (Å²) in [6.45, 7) is 5.42. The molecule has 35 heavy (non-hydrogen) atoms. The maximum absolute atomic E-state index is 13.3. The van der Waals surface area contributed by atoms with Crippen LogP contribution in [0.5, 0.6) is 5.75 Å². The van der Waals surface area contributed by atoms with Crippen molar-refractivity contribution >= 4 is 33.2 Å². The molecule has 0 aliphatic rings. The van der Waals surface area contributed by atoms with Crippen LogP contribution in [-0.4, -0.2) is 45.3 Å². The van der Waals surface area contributed by atoms with E-state index < -0.39 is 15.9 Å². The van der Waals surface area contributed by atoms with E-state index in [0.717, 1.165) is 5.56 Å². The molecule has 9 heteroatoms. The molecule has 0 saturated carbocycles. The lowest BCUT2D eigenvalue weighted by molar-refractivity contribution is -0.116. The van der Waals surface area contributed by atoms with Crippen LogP contribution in [0.1, 0.15) is 28.4 Å². The van der Waals surface area contributed by atoms with Crippen LogP contribution in [0, 0.1) is 13.8 Å². The van der Waals surface area contributed by atoms with Gasteiger partial charge in [-0.05, 0) is 68.3 Å². The molecule has 3 aromatic carbocycles. The molecule has 0 saturated heterocycles. The van der Waals surface area contributed by atoms with Gasteiger partial charge in [0.25, 0.3) is 15.9 Å². The van der Waals surface area contributed by atoms with Crippen LogP contribution in [-0.2, 0) is 14.8 Å². The average Bonchev–Trinajstić information content (AvgIpc) is 2.82. The summed E-state index contributed by atoms with van der Waals surface area (Å²) < 4.78 is 33.6. The molecule has 0 radical (unpaired) electrons. The minimum Gasteiger partial charge on any atom is -0.497 e. The summed E-state index contributed by atoms with van der Waals surface area (Å²) in [4.78, 5) is 27.2. The Morgan fingerprint density at radius 2 is 1.66 bits per heavy atom. The van der Waals surface area contributed by atoms with Gasteiger partial charge in [0.1, 0.15) is 12.3 Å². The van der Waals surface area contributed by atoms with Crippen LogP contribution >= 0.6 is 0 Å². The number of amides is 2. The molecule has 2 N–H and O–H groups in total. The van der Waals surface area contributed by atoms with Gasteiger partial charge < -0.3 is 15.0 Å². The molecule has 184 valence electrons. The zero-order chi connectivity index (χ0) is 25.6. The molecule has 3 rings (SSSR count). The summed E-state index contributed by atoms with van der Waals surface area (Å²) >= 11 is 0. The minimum atomic E-state index is -3.92. The number of hydrogen-bond acceptors (Lipinski definition) is 5. The number of carbonyl (C=O) groups is 2. The molecule has 3 aromatic rings. The lowest BCUT2D eigenvalue weighted by atomic mass is 10.1. The summed E-state index contributed by atoms with van der Waals surface area (Å²) in [5.74, 6) is -0.214. The Hall–Kier alpha value is -3.85. The highest BCUT2D eigenvalue weighted by molar-refractivity contribution is 7.92. The van der Waals surface area contributed by atoms with E-state index in [1.165, 1.54) is 24.1 Å². The first-order valence-electron chi connectivity index (χ1n) is 11.1. The topological polar surface area (TPSA) is 105 Å². The maximum Gasteiger partial charge on any atom is 0.261 e. The Kier molecular flexibility index (Phi) is 8.14. The van der Waals surface area contributed by atoms with E-state index in [-0.39, 0.29) is 29.5 Å². The normalized spacial score (nSPS) is 11.0. The van der Waals surface area contributed by atoms with E-state index in [0.29, 0.717) is 22.7 Å². The second-order valence-corrected chi connectivity index (χ2v) is 9.73. The molecular formula is C26H29N3O5S. The number of nitrogens with one attached hydrogen (secondary N) is 2. The highest BCUT2D eigenvalue weighted by Crippen LogP contribution is 2.21. The van der Waals surface area contributed by atoms with Gasteiger partial charge in [0.2, 0.25) is 5.91 Å². The number of nitrogens with zero attached hydrogens (tertiary/aromatic N) is 1. The highest BCUT2D eigenvalue weighted by atomic mass is 32.2. The quantitative estimate of drug-likeness (QED) is 0.463. The van der Waals surface area contributed by atoms with Crippen molar-refractivity contribution in [2.24, 2.45) is 0 Å². The van der Waals surface area contributed by atoms with Crippen molar-refractivity contribution in [2.45, 2.75) is 25.7 Å². The number of sulfonamides is 1. The van der Waals surface area contributed by atoms with Crippen molar-refractivity contribution in [1.82, 2.24) is 4.90 Å². The van der Waals surface area contributed by atoms with Crippen molar-refractivity contribution in [3.63, 3.8) is 0 Å². The second kappa shape index (κ2) is 11.1. The second-order valence-electron chi connectivity index (χ2n) is 8.05. The van der Waals surface area contributed by atoms with Crippen LogP contribution in [0.25, 0.3) is 0 Å². The number of hydrogen-bond donors (Lipinski definition) is 2. The van der Waals surface area contributed by atoms with E-state index >= 15 is 0 Å². The molecule has 0 aliphatic carbocycles. The molecular weight excluding hydrogens is 466 g/mol. The molecule has 0 fully saturated rings. The summed E-state index contributed by atoms with van der Waals surface area (Å²) in [6, 6.07) is 18.3. The van der Waals surface area contributed by atoms with E-state index in [1.54, 1.807) is 62.4 Å². The maximum atomic E-state index is 13.3. The van der Waals surface area contributed by atoms with Crippen molar-refractivity contribution in [2.75, 3.05) is 30.2 Å². The van der Waals surface area contributed by atoms with E-state index in [1.807, 2.05) is 13.0 Å². The minimum absolute atomic E-state index is 0.0372. The molecule has 0 unspecified atom stereocenters. The molecule has 2 amide bonds. The fraction of sp³-hybridized carbons (Fsp3) is 0.231. The highest BCUT2D eigenvalue weighted by Gasteiger charge is 2.23. The zero-order valence-electron chi connectivity index (χ0n) is 20.2. The Morgan fingerprint density at radius 3 is 2.34 bits per heavy atom. The Morgan fingerprint density at radius 1 is 0.943 bits per heavy atom. The fourth-order valence-corrected chi connectivity index (χ4v) is 4.57. The number of ether oxygens (including phenoxy) is 1. The first-order valence-corrected chi connectivity index (χ1v) is 12.5. The fourth-order valence-electron chi connectivity index (χ4n) is 3.49. The predicted octanol–water partition coefficient (Wildman–Crippen LogP) is 4.21. The van der Waals surface area contributed by atoms with Crippen LogP contribution in [0.3, 0.4) is 0 Å². The summed E-state index contributed by atoms with van der Waals surface area (Å²) in [6.07, 6.45) is 0. The van der Waals surface area contributed by atoms with Crippen LogP contribution in [0.4, 0.5) is 11.4 Å². The number of anilines is 2. The number of rotatable bonds is 9. The van der Waals surface area contributed by atoms with Crippen LogP contribution < -0.4 is 14.8 Å². The van der Waals surface area contributed by atoms with E-state index in [2.05, 4.69) is 10.0 Å². The zero-order valence-corrected chi connectivity index (χ0v) is 21.0. The summed E-state index contributed by atoms with van der Waals surface area (Å²) in [7, 11) is -2.38. The lowest BCUT2D eigenvalue weighted by Crippen LogP contribution is -2.38. The first kappa shape index (κ1) is 25.8. The molecule has 0 heterocycles. The van der Waals surface area contributed by atoms with Crippen molar-refractivity contribution < 1.29 is 22.7 Å². The number of carbonyl (C=O) groups excluding carboxylic acids is 2. The number of benzene rings is 3. The molecule has 0 aliphatic heterocycles. The lowest BCUT2D eigenvalue weighted by Gasteiger charge is -2.22. The predicted molar refractivity (Wildman–Crippen MR) is 136 cm³/mol. The third-order valence-electron chi connectivity index (χ3n) is 5.38. The van der Waals surface area contributed by atoms with Crippen molar-refractivity contribution in [3.05, 3.63) is 83.4 Å². The van der Waals surface area contributed by atoms with Gasteiger partial charge in [-0.3, -0.25) is 14.3 Å². The Bertz CT molecular complexity index is 1340. The average molecular weight is 496 g/mol. The summed E-state index contributed by atoms with van der Waals surface area (Å²) in [5.41, 5.74) is 2.72. The van der Waals surface area contributed by atoms with Gasteiger partial charge in [-0.1, -0.05) is 24.3 Å². The van der Waals surface area contributed by atoms with Crippen LogP contribution in [0.2, 0.25) is 0 Å². The molecule has 0 bridgehead atoms. The standard InChI is InChI=1S/C26H29N3O5S/c1-5-29(17-25(30)27-20-9-7-11-22(15-20)34-4)26(31)24-16-23(13-12-19(24)3)35(32,33)28-21-10-6-8-18(2)14-21/h6-16,28H,5,17H2,1-4H3,(H,27,30). The molecule has 0 atom stereocenters. The SMILES string of the molecule is CCN(CC(=O)Nc1cccc(OC)c1)C(=O)c1cc(S(=O)(=O)Nc2cccc(C)c2)ccc1C. The third-order valence-corrected chi connectivity index (χ3v) is 6.76. The van der Waals surface area contributed by atoms with Crippen molar-refractivity contribution in [1.29, 1.82) is 0 Å². The third kappa shape index (κ3) is 6.60.